The standard InChI is InChI=1S/C16H13NO3/c18-15(13-9-5-2-6-10-13)17-14(16(19)20)11-12-7-3-1-4-8-12/h1-11H,(H,17,18)(H,19,20)/b14-11+. The number of rotatable bonds is 4. The number of hydrogen-bond donors (Lipinski definition) is 2. The summed E-state index contributed by atoms with van der Waals surface area (Å²) in [6, 6.07) is 17.4. The van der Waals surface area contributed by atoms with Crippen molar-refractivity contribution >= 4 is 18.0 Å². The van der Waals surface area contributed by atoms with Crippen LogP contribution >= 0.6 is 0 Å². The molecule has 2 rings (SSSR count). The van der Waals surface area contributed by atoms with Crippen LogP contribution in [0, 0.1) is 0 Å². The Labute approximate surface area is 116 Å². The maximum absolute atomic E-state index is 11.9. The van der Waals surface area contributed by atoms with Crippen molar-refractivity contribution in [3.63, 3.8) is 0 Å². The number of carboxylic acid groups (broad SMARTS) is 1. The van der Waals surface area contributed by atoms with Gasteiger partial charge in [0.2, 0.25) is 0 Å². The van der Waals surface area contributed by atoms with Crippen LogP contribution in [-0.2, 0) is 4.79 Å². The molecule has 0 saturated carbocycles. The molecular weight excluding hydrogens is 254 g/mol. The zero-order valence-corrected chi connectivity index (χ0v) is 10.6. The quantitative estimate of drug-likeness (QED) is 0.836. The summed E-state index contributed by atoms with van der Waals surface area (Å²) in [5.41, 5.74) is 0.955. The Morgan fingerprint density at radius 2 is 1.45 bits per heavy atom. The third-order valence-electron chi connectivity index (χ3n) is 2.63. The largest absolute Gasteiger partial charge is 0.477 e. The molecule has 0 saturated heterocycles. The smallest absolute Gasteiger partial charge is 0.352 e. The lowest BCUT2D eigenvalue weighted by Gasteiger charge is -2.06. The van der Waals surface area contributed by atoms with Crippen LogP contribution in [0.1, 0.15) is 15.9 Å². The second kappa shape index (κ2) is 6.33. The highest BCUT2D eigenvalue weighted by Gasteiger charge is 2.12. The molecule has 0 radical (unpaired) electrons. The molecule has 2 aromatic carbocycles. The maximum Gasteiger partial charge on any atom is 0.352 e. The molecule has 0 aliphatic rings. The summed E-state index contributed by atoms with van der Waals surface area (Å²) >= 11 is 0. The molecule has 20 heavy (non-hydrogen) atoms. The Hall–Kier alpha value is -2.88. The Morgan fingerprint density at radius 1 is 0.900 bits per heavy atom. The van der Waals surface area contributed by atoms with Crippen LogP contribution < -0.4 is 5.32 Å². The fraction of sp³-hybridized carbons (Fsp3) is 0. The normalized spacial score (nSPS) is 10.9. The molecule has 0 heterocycles. The van der Waals surface area contributed by atoms with E-state index in [9.17, 15) is 9.59 Å². The molecule has 4 nitrogen and oxygen atoms in total. The van der Waals surface area contributed by atoms with E-state index >= 15 is 0 Å². The van der Waals surface area contributed by atoms with Crippen LogP contribution in [0.15, 0.2) is 66.4 Å². The zero-order chi connectivity index (χ0) is 14.4. The van der Waals surface area contributed by atoms with Crippen molar-refractivity contribution in [2.75, 3.05) is 0 Å². The van der Waals surface area contributed by atoms with E-state index in [1.807, 2.05) is 6.07 Å². The van der Waals surface area contributed by atoms with Gasteiger partial charge in [0.25, 0.3) is 5.91 Å². The molecular formula is C16H13NO3. The van der Waals surface area contributed by atoms with Crippen molar-refractivity contribution in [2.45, 2.75) is 0 Å². The maximum atomic E-state index is 11.9. The average Bonchev–Trinajstić information content (AvgIpc) is 2.48. The summed E-state index contributed by atoms with van der Waals surface area (Å²) in [5, 5.41) is 11.6. The Balaban J connectivity index is 2.21. The molecule has 0 aromatic heterocycles. The van der Waals surface area contributed by atoms with Gasteiger partial charge in [0.15, 0.2) is 0 Å². The van der Waals surface area contributed by atoms with Crippen LogP contribution in [-0.4, -0.2) is 17.0 Å². The second-order valence-corrected chi connectivity index (χ2v) is 4.09. The minimum absolute atomic E-state index is 0.162. The topological polar surface area (TPSA) is 66.4 Å². The highest BCUT2D eigenvalue weighted by Crippen LogP contribution is 2.06. The van der Waals surface area contributed by atoms with Gasteiger partial charge in [-0.2, -0.15) is 0 Å². The average molecular weight is 267 g/mol. The van der Waals surface area contributed by atoms with Gasteiger partial charge in [-0.1, -0.05) is 48.5 Å². The van der Waals surface area contributed by atoms with E-state index < -0.39 is 11.9 Å². The highest BCUT2D eigenvalue weighted by atomic mass is 16.4. The molecule has 4 heteroatoms. The fourth-order valence-corrected chi connectivity index (χ4v) is 1.65. The van der Waals surface area contributed by atoms with Gasteiger partial charge < -0.3 is 10.4 Å². The first-order chi connectivity index (χ1) is 9.66. The van der Waals surface area contributed by atoms with Crippen molar-refractivity contribution in [1.29, 1.82) is 0 Å². The van der Waals surface area contributed by atoms with E-state index in [4.69, 9.17) is 5.11 Å². The predicted octanol–water partition coefficient (Wildman–Crippen LogP) is 2.54. The van der Waals surface area contributed by atoms with Gasteiger partial charge in [0.05, 0.1) is 0 Å². The first-order valence-electron chi connectivity index (χ1n) is 6.03. The molecule has 0 fully saturated rings. The summed E-state index contributed by atoms with van der Waals surface area (Å²) in [6.07, 6.45) is 1.42. The summed E-state index contributed by atoms with van der Waals surface area (Å²) in [7, 11) is 0. The van der Waals surface area contributed by atoms with Crippen molar-refractivity contribution in [1.82, 2.24) is 5.32 Å². The molecule has 0 bridgehead atoms. The van der Waals surface area contributed by atoms with E-state index in [-0.39, 0.29) is 5.70 Å². The molecule has 0 atom stereocenters. The third kappa shape index (κ3) is 3.55. The number of nitrogens with one attached hydrogen (secondary N) is 1. The highest BCUT2D eigenvalue weighted by molar-refractivity contribution is 6.02. The molecule has 0 spiro atoms. The van der Waals surface area contributed by atoms with Gasteiger partial charge in [-0.3, -0.25) is 4.79 Å². The summed E-state index contributed by atoms with van der Waals surface area (Å²) in [6.45, 7) is 0. The first-order valence-corrected chi connectivity index (χ1v) is 6.03. The van der Waals surface area contributed by atoms with Gasteiger partial charge in [0, 0.05) is 5.56 Å². The third-order valence-corrected chi connectivity index (χ3v) is 2.63. The number of benzene rings is 2. The Kier molecular flexibility index (Phi) is 4.29. The zero-order valence-electron chi connectivity index (χ0n) is 10.6. The number of aliphatic carboxylic acids is 1. The van der Waals surface area contributed by atoms with Crippen LogP contribution in [0.25, 0.3) is 6.08 Å². The molecule has 2 N–H and O–H groups in total. The lowest BCUT2D eigenvalue weighted by Crippen LogP contribution is -2.27. The molecule has 100 valence electrons. The van der Waals surface area contributed by atoms with Crippen LogP contribution in [0.2, 0.25) is 0 Å². The number of amides is 1. The van der Waals surface area contributed by atoms with Crippen molar-refractivity contribution < 1.29 is 14.7 Å². The Bertz CT molecular complexity index is 633. The minimum atomic E-state index is -1.18. The van der Waals surface area contributed by atoms with Crippen LogP contribution in [0.5, 0.6) is 0 Å². The van der Waals surface area contributed by atoms with Crippen molar-refractivity contribution in [3.8, 4) is 0 Å². The first kappa shape index (κ1) is 13.5. The van der Waals surface area contributed by atoms with E-state index in [1.54, 1.807) is 54.6 Å². The lowest BCUT2D eigenvalue weighted by molar-refractivity contribution is -0.132. The van der Waals surface area contributed by atoms with Gasteiger partial charge >= 0.3 is 5.97 Å². The minimum Gasteiger partial charge on any atom is -0.477 e. The van der Waals surface area contributed by atoms with Crippen LogP contribution in [0.3, 0.4) is 0 Å². The second-order valence-electron chi connectivity index (χ2n) is 4.09. The number of hydrogen-bond acceptors (Lipinski definition) is 2. The van der Waals surface area contributed by atoms with E-state index in [2.05, 4.69) is 5.32 Å². The van der Waals surface area contributed by atoms with Crippen LogP contribution in [0.4, 0.5) is 0 Å². The summed E-state index contributed by atoms with van der Waals surface area (Å²) < 4.78 is 0. The number of carbonyl (C=O) groups excluding carboxylic acids is 1. The molecule has 2 aromatic rings. The van der Waals surface area contributed by atoms with Crippen molar-refractivity contribution in [3.05, 3.63) is 77.5 Å². The SMILES string of the molecule is O=C(O)/C(=C\c1ccccc1)NC(=O)c1ccccc1. The van der Waals surface area contributed by atoms with Gasteiger partial charge in [-0.05, 0) is 23.8 Å². The van der Waals surface area contributed by atoms with Gasteiger partial charge in [-0.15, -0.1) is 0 Å². The van der Waals surface area contributed by atoms with Gasteiger partial charge in [0.1, 0.15) is 5.70 Å². The molecule has 0 aliphatic carbocycles. The number of carbonyl (C=O) groups is 2. The fourth-order valence-electron chi connectivity index (χ4n) is 1.65. The van der Waals surface area contributed by atoms with E-state index in [1.165, 1.54) is 6.08 Å². The monoisotopic (exact) mass is 267 g/mol. The summed E-state index contributed by atoms with van der Waals surface area (Å²) in [5.74, 6) is -1.63. The molecule has 1 amide bonds. The Morgan fingerprint density at radius 3 is 2.00 bits per heavy atom. The van der Waals surface area contributed by atoms with E-state index in [0.29, 0.717) is 11.1 Å². The van der Waals surface area contributed by atoms with Crippen molar-refractivity contribution in [2.24, 2.45) is 0 Å². The molecule has 0 aliphatic heterocycles. The van der Waals surface area contributed by atoms with E-state index in [0.717, 1.165) is 0 Å². The summed E-state index contributed by atoms with van der Waals surface area (Å²) in [4.78, 5) is 23.1. The number of carboxylic acids is 1. The van der Waals surface area contributed by atoms with Gasteiger partial charge in [-0.25, -0.2) is 4.79 Å². The lowest BCUT2D eigenvalue weighted by atomic mass is 10.1. The predicted molar refractivity (Wildman–Crippen MR) is 76.0 cm³/mol. The molecule has 0 unspecified atom stereocenters.